The SMILES string of the molecule is O=C(CCn1ncc(=O)c2ccccc21)N1CCN(Cc2ccc3c(c2)OCO3)CC1. The summed E-state index contributed by atoms with van der Waals surface area (Å²) in [4.78, 5) is 29.0. The number of benzene rings is 2. The van der Waals surface area contributed by atoms with E-state index >= 15 is 0 Å². The molecule has 0 radical (unpaired) electrons. The van der Waals surface area contributed by atoms with Crippen LogP contribution in [0.1, 0.15) is 12.0 Å². The maximum atomic E-state index is 12.7. The maximum absolute atomic E-state index is 12.7. The third-order valence-electron chi connectivity index (χ3n) is 5.87. The molecule has 160 valence electrons. The minimum absolute atomic E-state index is 0.100. The van der Waals surface area contributed by atoms with E-state index in [1.165, 1.54) is 11.8 Å². The molecule has 1 fully saturated rings. The minimum Gasteiger partial charge on any atom is -0.454 e. The molecule has 2 aliphatic rings. The van der Waals surface area contributed by atoms with Crippen molar-refractivity contribution < 1.29 is 14.3 Å². The van der Waals surface area contributed by atoms with Crippen LogP contribution in [0.3, 0.4) is 0 Å². The normalized spacial score (nSPS) is 16.1. The molecule has 5 rings (SSSR count). The second-order valence-electron chi connectivity index (χ2n) is 7.84. The van der Waals surface area contributed by atoms with Gasteiger partial charge in [0, 0.05) is 44.5 Å². The predicted molar refractivity (Wildman–Crippen MR) is 115 cm³/mol. The second-order valence-corrected chi connectivity index (χ2v) is 7.84. The van der Waals surface area contributed by atoms with E-state index in [0.29, 0.717) is 31.4 Å². The van der Waals surface area contributed by atoms with Gasteiger partial charge in [0.15, 0.2) is 11.5 Å². The van der Waals surface area contributed by atoms with Crippen LogP contribution in [0.4, 0.5) is 0 Å². The second kappa shape index (κ2) is 8.39. The molecule has 1 aromatic heterocycles. The van der Waals surface area contributed by atoms with Gasteiger partial charge in [-0.2, -0.15) is 5.10 Å². The molecule has 0 atom stereocenters. The van der Waals surface area contributed by atoms with Gasteiger partial charge in [-0.15, -0.1) is 0 Å². The van der Waals surface area contributed by atoms with Crippen molar-refractivity contribution in [2.24, 2.45) is 0 Å². The fourth-order valence-corrected chi connectivity index (χ4v) is 4.15. The lowest BCUT2D eigenvalue weighted by Gasteiger charge is -2.35. The molecule has 0 aliphatic carbocycles. The van der Waals surface area contributed by atoms with Gasteiger partial charge in [0.2, 0.25) is 18.1 Å². The number of hydrogen-bond donors (Lipinski definition) is 0. The molecule has 3 heterocycles. The Bertz CT molecular complexity index is 1170. The maximum Gasteiger partial charge on any atom is 0.231 e. The molecule has 2 aromatic carbocycles. The number of carbonyl (C=O) groups excluding carboxylic acids is 1. The monoisotopic (exact) mass is 420 g/mol. The van der Waals surface area contributed by atoms with Gasteiger partial charge in [0.25, 0.3) is 0 Å². The average Bonchev–Trinajstić information content (AvgIpc) is 3.27. The summed E-state index contributed by atoms with van der Waals surface area (Å²) in [5, 5.41) is 4.84. The largest absolute Gasteiger partial charge is 0.454 e. The standard InChI is InChI=1S/C23H24N4O4/c28-20-14-24-27(19-4-2-1-3-18(19)20)8-7-23(29)26-11-9-25(10-12-26)15-17-5-6-21-22(13-17)31-16-30-21/h1-6,13-14H,7-12,15-16H2. The number of amides is 1. The van der Waals surface area contributed by atoms with Crippen LogP contribution in [0, 0.1) is 0 Å². The van der Waals surface area contributed by atoms with E-state index in [-0.39, 0.29) is 18.1 Å². The van der Waals surface area contributed by atoms with E-state index < -0.39 is 0 Å². The molecule has 31 heavy (non-hydrogen) atoms. The van der Waals surface area contributed by atoms with Crippen LogP contribution in [-0.2, 0) is 17.9 Å². The first-order valence-electron chi connectivity index (χ1n) is 10.5. The highest BCUT2D eigenvalue weighted by atomic mass is 16.7. The number of aryl methyl sites for hydroxylation is 1. The Morgan fingerprint density at radius 1 is 1.00 bits per heavy atom. The lowest BCUT2D eigenvalue weighted by molar-refractivity contribution is -0.133. The van der Waals surface area contributed by atoms with Crippen molar-refractivity contribution in [3.63, 3.8) is 0 Å². The Morgan fingerprint density at radius 2 is 1.81 bits per heavy atom. The van der Waals surface area contributed by atoms with Gasteiger partial charge in [-0.05, 0) is 29.8 Å². The zero-order valence-corrected chi connectivity index (χ0v) is 17.2. The zero-order chi connectivity index (χ0) is 21.2. The fraction of sp³-hybridized carbons (Fsp3) is 0.348. The number of nitrogens with zero attached hydrogens (tertiary/aromatic N) is 4. The average molecular weight is 420 g/mol. The van der Waals surface area contributed by atoms with E-state index in [1.54, 1.807) is 10.7 Å². The predicted octanol–water partition coefficient (Wildman–Crippen LogP) is 1.86. The molecule has 0 unspecified atom stereocenters. The lowest BCUT2D eigenvalue weighted by atomic mass is 10.1. The number of ether oxygens (including phenoxy) is 2. The molecule has 0 saturated carbocycles. The Labute approximate surface area is 179 Å². The Balaban J connectivity index is 1.15. The van der Waals surface area contributed by atoms with Crippen molar-refractivity contribution >= 4 is 16.8 Å². The van der Waals surface area contributed by atoms with Crippen LogP contribution in [-0.4, -0.2) is 58.5 Å². The van der Waals surface area contributed by atoms with Gasteiger partial charge in [-0.3, -0.25) is 19.2 Å². The van der Waals surface area contributed by atoms with Gasteiger partial charge in [0.05, 0.1) is 18.3 Å². The number of aromatic nitrogens is 2. The number of rotatable bonds is 5. The summed E-state index contributed by atoms with van der Waals surface area (Å²) in [6.45, 7) is 4.65. The smallest absolute Gasteiger partial charge is 0.231 e. The Morgan fingerprint density at radius 3 is 2.68 bits per heavy atom. The van der Waals surface area contributed by atoms with Crippen molar-refractivity contribution in [3.05, 3.63) is 64.4 Å². The Hall–Kier alpha value is -3.39. The first-order valence-corrected chi connectivity index (χ1v) is 10.5. The quantitative estimate of drug-likeness (QED) is 0.627. The van der Waals surface area contributed by atoms with Crippen LogP contribution in [0.2, 0.25) is 0 Å². The van der Waals surface area contributed by atoms with Gasteiger partial charge >= 0.3 is 0 Å². The zero-order valence-electron chi connectivity index (χ0n) is 17.2. The van der Waals surface area contributed by atoms with E-state index in [9.17, 15) is 9.59 Å². The molecule has 2 aliphatic heterocycles. The third kappa shape index (κ3) is 4.11. The summed E-state index contributed by atoms with van der Waals surface area (Å²) in [6, 6.07) is 13.4. The fourth-order valence-electron chi connectivity index (χ4n) is 4.15. The van der Waals surface area contributed by atoms with Crippen molar-refractivity contribution in [1.82, 2.24) is 19.6 Å². The summed E-state index contributed by atoms with van der Waals surface area (Å²) in [6.07, 6.45) is 1.68. The van der Waals surface area contributed by atoms with Crippen molar-refractivity contribution in [1.29, 1.82) is 0 Å². The van der Waals surface area contributed by atoms with Gasteiger partial charge < -0.3 is 14.4 Å². The van der Waals surface area contributed by atoms with Crippen LogP contribution < -0.4 is 14.9 Å². The first kappa shape index (κ1) is 19.6. The molecular weight excluding hydrogens is 396 g/mol. The Kier molecular flexibility index (Phi) is 5.30. The molecule has 8 nitrogen and oxygen atoms in total. The topological polar surface area (TPSA) is 76.9 Å². The van der Waals surface area contributed by atoms with Crippen LogP contribution >= 0.6 is 0 Å². The molecule has 1 amide bonds. The molecule has 0 spiro atoms. The molecular formula is C23H24N4O4. The van der Waals surface area contributed by atoms with E-state index in [2.05, 4.69) is 16.1 Å². The van der Waals surface area contributed by atoms with Crippen molar-refractivity contribution in [2.75, 3.05) is 33.0 Å². The summed E-state index contributed by atoms with van der Waals surface area (Å²) >= 11 is 0. The van der Waals surface area contributed by atoms with Crippen LogP contribution in [0.15, 0.2) is 53.5 Å². The van der Waals surface area contributed by atoms with Gasteiger partial charge in [-0.1, -0.05) is 18.2 Å². The number of fused-ring (bicyclic) bond motifs is 2. The van der Waals surface area contributed by atoms with E-state index in [4.69, 9.17) is 9.47 Å². The summed E-state index contributed by atoms with van der Waals surface area (Å²) in [5.41, 5.74) is 1.84. The minimum atomic E-state index is -0.100. The van der Waals surface area contributed by atoms with Crippen LogP contribution in [0.25, 0.3) is 10.9 Å². The number of para-hydroxylation sites is 1. The van der Waals surface area contributed by atoms with Crippen molar-refractivity contribution in [2.45, 2.75) is 19.5 Å². The van der Waals surface area contributed by atoms with E-state index in [1.807, 2.05) is 35.2 Å². The number of hydrogen-bond acceptors (Lipinski definition) is 6. The van der Waals surface area contributed by atoms with E-state index in [0.717, 1.165) is 36.6 Å². The molecule has 3 aromatic rings. The highest BCUT2D eigenvalue weighted by molar-refractivity contribution is 5.79. The molecule has 0 N–H and O–H groups in total. The summed E-state index contributed by atoms with van der Waals surface area (Å²) in [7, 11) is 0. The highest BCUT2D eigenvalue weighted by Crippen LogP contribution is 2.32. The summed E-state index contributed by atoms with van der Waals surface area (Å²) < 4.78 is 12.6. The summed E-state index contributed by atoms with van der Waals surface area (Å²) in [5.74, 6) is 1.71. The van der Waals surface area contributed by atoms with Gasteiger partial charge in [-0.25, -0.2) is 0 Å². The third-order valence-corrected chi connectivity index (χ3v) is 5.87. The molecule has 1 saturated heterocycles. The lowest BCUT2D eigenvalue weighted by Crippen LogP contribution is -2.48. The van der Waals surface area contributed by atoms with Crippen LogP contribution in [0.5, 0.6) is 11.5 Å². The number of carbonyl (C=O) groups is 1. The number of piperazine rings is 1. The highest BCUT2D eigenvalue weighted by Gasteiger charge is 2.22. The first-order chi connectivity index (χ1) is 15.2. The molecule has 0 bridgehead atoms. The van der Waals surface area contributed by atoms with Gasteiger partial charge in [0.1, 0.15) is 0 Å². The molecule has 8 heteroatoms. The van der Waals surface area contributed by atoms with Crippen molar-refractivity contribution in [3.8, 4) is 11.5 Å².